The molecule has 0 aromatic heterocycles. The van der Waals surface area contributed by atoms with Gasteiger partial charge in [0.15, 0.2) is 6.61 Å². The van der Waals surface area contributed by atoms with E-state index < -0.39 is 16.4 Å². The van der Waals surface area contributed by atoms with Crippen LogP contribution in [-0.4, -0.2) is 37.1 Å². The monoisotopic (exact) mass is 321 g/mol. The van der Waals surface area contributed by atoms with Crippen LogP contribution in [-0.2, 0) is 4.79 Å². The van der Waals surface area contributed by atoms with E-state index in [0.717, 1.165) is 12.1 Å². The molecular formula is C12H17ClFN3O4. The van der Waals surface area contributed by atoms with Crippen molar-refractivity contribution in [2.75, 3.05) is 20.2 Å². The zero-order chi connectivity index (χ0) is 15.1. The Balaban J connectivity index is 0.00000400. The fourth-order valence-electron chi connectivity index (χ4n) is 1.29. The molecule has 9 heteroatoms. The van der Waals surface area contributed by atoms with Crippen molar-refractivity contribution in [2.45, 2.75) is 13.0 Å². The van der Waals surface area contributed by atoms with E-state index in [2.05, 4.69) is 10.6 Å². The summed E-state index contributed by atoms with van der Waals surface area (Å²) in [6.45, 7) is 2.05. The third kappa shape index (κ3) is 6.37. The number of nitrogens with one attached hydrogen (secondary N) is 2. The van der Waals surface area contributed by atoms with Crippen LogP contribution in [0.25, 0.3) is 0 Å². The number of nitro groups is 1. The number of benzene rings is 1. The number of carbonyl (C=O) groups excluding carboxylic acids is 1. The molecule has 1 amide bonds. The van der Waals surface area contributed by atoms with Gasteiger partial charge in [-0.3, -0.25) is 14.9 Å². The summed E-state index contributed by atoms with van der Waals surface area (Å²) >= 11 is 0. The van der Waals surface area contributed by atoms with Gasteiger partial charge in [-0.15, -0.1) is 12.4 Å². The van der Waals surface area contributed by atoms with Gasteiger partial charge in [-0.05, 0) is 20.0 Å². The smallest absolute Gasteiger partial charge is 0.305 e. The average molecular weight is 322 g/mol. The molecule has 0 bridgehead atoms. The summed E-state index contributed by atoms with van der Waals surface area (Å²) in [5, 5.41) is 16.0. The van der Waals surface area contributed by atoms with Gasteiger partial charge in [-0.1, -0.05) is 0 Å². The van der Waals surface area contributed by atoms with Crippen LogP contribution in [0.15, 0.2) is 18.2 Å². The van der Waals surface area contributed by atoms with Crippen LogP contribution in [0.2, 0.25) is 0 Å². The van der Waals surface area contributed by atoms with Gasteiger partial charge >= 0.3 is 5.69 Å². The van der Waals surface area contributed by atoms with Crippen LogP contribution >= 0.6 is 12.4 Å². The van der Waals surface area contributed by atoms with E-state index in [9.17, 15) is 19.3 Å². The van der Waals surface area contributed by atoms with Crippen LogP contribution in [0.1, 0.15) is 6.92 Å². The van der Waals surface area contributed by atoms with Crippen LogP contribution < -0.4 is 15.4 Å². The van der Waals surface area contributed by atoms with Crippen molar-refractivity contribution >= 4 is 24.0 Å². The first-order valence-electron chi connectivity index (χ1n) is 5.94. The fraction of sp³-hybridized carbons (Fsp3) is 0.417. The molecule has 1 rings (SSSR count). The number of likely N-dealkylation sites (N-methyl/N-ethyl adjacent to an activating group) is 1. The quantitative estimate of drug-likeness (QED) is 0.582. The number of nitro benzene ring substituents is 1. The summed E-state index contributed by atoms with van der Waals surface area (Å²) in [5.41, 5.74) is -0.635. The molecule has 0 aliphatic carbocycles. The first-order valence-corrected chi connectivity index (χ1v) is 5.94. The number of hydrogen-bond donors (Lipinski definition) is 2. The molecule has 0 aliphatic heterocycles. The predicted molar refractivity (Wildman–Crippen MR) is 77.3 cm³/mol. The van der Waals surface area contributed by atoms with E-state index >= 15 is 0 Å². The van der Waals surface area contributed by atoms with Gasteiger partial charge in [-0.25, -0.2) is 0 Å². The Bertz CT molecular complexity index is 501. The zero-order valence-corrected chi connectivity index (χ0v) is 12.4. The summed E-state index contributed by atoms with van der Waals surface area (Å²) in [6.07, 6.45) is 0. The molecule has 0 fully saturated rings. The largest absolute Gasteiger partial charge is 0.484 e. The second kappa shape index (κ2) is 9.09. The van der Waals surface area contributed by atoms with E-state index in [0.29, 0.717) is 6.54 Å². The third-order valence-electron chi connectivity index (χ3n) is 2.58. The molecule has 21 heavy (non-hydrogen) atoms. The molecule has 1 aromatic rings. The Morgan fingerprint density at radius 1 is 1.52 bits per heavy atom. The van der Waals surface area contributed by atoms with Crippen LogP contribution in [0.3, 0.4) is 0 Å². The van der Waals surface area contributed by atoms with Crippen molar-refractivity contribution in [1.82, 2.24) is 10.6 Å². The highest BCUT2D eigenvalue weighted by Gasteiger charge is 2.14. The SMILES string of the molecule is CNC(C)CNC(=O)COc1ccc([N+](=O)[O-])c(F)c1.Cl. The topological polar surface area (TPSA) is 93.5 Å². The highest BCUT2D eigenvalue weighted by atomic mass is 35.5. The van der Waals surface area contributed by atoms with Gasteiger partial charge in [0.05, 0.1) is 4.92 Å². The third-order valence-corrected chi connectivity index (χ3v) is 2.58. The molecule has 0 saturated carbocycles. The lowest BCUT2D eigenvalue weighted by Gasteiger charge is -2.11. The number of carbonyl (C=O) groups is 1. The summed E-state index contributed by atoms with van der Waals surface area (Å²) in [4.78, 5) is 21.0. The van der Waals surface area contributed by atoms with E-state index in [-0.39, 0.29) is 36.7 Å². The number of amides is 1. The number of nitrogens with zero attached hydrogens (tertiary/aromatic N) is 1. The number of rotatable bonds is 7. The molecule has 0 aliphatic rings. The number of hydrogen-bond acceptors (Lipinski definition) is 5. The van der Waals surface area contributed by atoms with Crippen LogP contribution in [0, 0.1) is 15.9 Å². The first-order chi connectivity index (χ1) is 9.43. The van der Waals surface area contributed by atoms with Gasteiger partial charge in [-0.2, -0.15) is 4.39 Å². The van der Waals surface area contributed by atoms with Gasteiger partial charge < -0.3 is 15.4 Å². The zero-order valence-electron chi connectivity index (χ0n) is 11.6. The molecule has 1 unspecified atom stereocenters. The van der Waals surface area contributed by atoms with Crippen molar-refractivity contribution in [3.8, 4) is 5.75 Å². The van der Waals surface area contributed by atoms with Gasteiger partial charge in [0, 0.05) is 24.7 Å². The Hall–Kier alpha value is -1.93. The number of ether oxygens (including phenoxy) is 1. The first kappa shape index (κ1) is 19.1. The fourth-order valence-corrected chi connectivity index (χ4v) is 1.29. The highest BCUT2D eigenvalue weighted by molar-refractivity contribution is 5.85. The summed E-state index contributed by atoms with van der Waals surface area (Å²) < 4.78 is 18.3. The molecule has 0 heterocycles. The minimum Gasteiger partial charge on any atom is -0.484 e. The standard InChI is InChI=1S/C12H16FN3O4.ClH/c1-8(14-2)6-15-12(17)7-20-9-3-4-11(16(18)19)10(13)5-9;/h3-5,8,14H,6-7H2,1-2H3,(H,15,17);1H. The molecule has 1 atom stereocenters. The maximum atomic E-state index is 13.3. The molecule has 1 aromatic carbocycles. The highest BCUT2D eigenvalue weighted by Crippen LogP contribution is 2.22. The molecule has 0 saturated heterocycles. The van der Waals surface area contributed by atoms with E-state index in [1.165, 1.54) is 6.07 Å². The average Bonchev–Trinajstić information content (AvgIpc) is 2.42. The predicted octanol–water partition coefficient (Wildman–Crippen LogP) is 1.26. The lowest BCUT2D eigenvalue weighted by Crippen LogP contribution is -2.39. The van der Waals surface area contributed by atoms with Gasteiger partial charge in [0.25, 0.3) is 5.91 Å². The van der Waals surface area contributed by atoms with Crippen molar-refractivity contribution in [1.29, 1.82) is 0 Å². The maximum absolute atomic E-state index is 13.3. The lowest BCUT2D eigenvalue weighted by molar-refractivity contribution is -0.387. The molecular weight excluding hydrogens is 305 g/mol. The Kier molecular flexibility index (Phi) is 8.25. The molecule has 2 N–H and O–H groups in total. The molecule has 118 valence electrons. The van der Waals surface area contributed by atoms with Crippen molar-refractivity contribution in [3.05, 3.63) is 34.1 Å². The molecule has 0 spiro atoms. The molecule has 0 radical (unpaired) electrons. The minimum absolute atomic E-state index is 0. The Morgan fingerprint density at radius 3 is 2.71 bits per heavy atom. The molecule has 7 nitrogen and oxygen atoms in total. The van der Waals surface area contributed by atoms with E-state index in [1.54, 1.807) is 7.05 Å². The minimum atomic E-state index is -1.00. The summed E-state index contributed by atoms with van der Waals surface area (Å²) in [7, 11) is 1.77. The Morgan fingerprint density at radius 2 is 2.19 bits per heavy atom. The van der Waals surface area contributed by atoms with E-state index in [1.807, 2.05) is 6.92 Å². The van der Waals surface area contributed by atoms with Crippen molar-refractivity contribution in [2.24, 2.45) is 0 Å². The maximum Gasteiger partial charge on any atom is 0.305 e. The van der Waals surface area contributed by atoms with Gasteiger partial charge in [0.2, 0.25) is 5.82 Å². The second-order valence-electron chi connectivity index (χ2n) is 4.15. The number of halogens is 2. The van der Waals surface area contributed by atoms with E-state index in [4.69, 9.17) is 4.74 Å². The van der Waals surface area contributed by atoms with Crippen molar-refractivity contribution < 1.29 is 18.8 Å². The lowest BCUT2D eigenvalue weighted by atomic mass is 10.3. The summed E-state index contributed by atoms with van der Waals surface area (Å²) in [5.74, 6) is -1.30. The van der Waals surface area contributed by atoms with Crippen LogP contribution in [0.4, 0.5) is 10.1 Å². The van der Waals surface area contributed by atoms with Crippen molar-refractivity contribution in [3.63, 3.8) is 0 Å². The van der Waals surface area contributed by atoms with Gasteiger partial charge in [0.1, 0.15) is 5.75 Å². The normalized spacial score (nSPS) is 11.2. The van der Waals surface area contributed by atoms with Crippen LogP contribution in [0.5, 0.6) is 5.75 Å². The Labute approximate surface area is 127 Å². The second-order valence-corrected chi connectivity index (χ2v) is 4.15. The summed E-state index contributed by atoms with van der Waals surface area (Å²) in [6, 6.07) is 3.23.